The van der Waals surface area contributed by atoms with Crippen LogP contribution in [0, 0.1) is 13.8 Å². The van der Waals surface area contributed by atoms with Crippen molar-refractivity contribution in [2.45, 2.75) is 25.3 Å². The lowest BCUT2D eigenvalue weighted by molar-refractivity contribution is 0.463. The van der Waals surface area contributed by atoms with Crippen molar-refractivity contribution in [3.8, 4) is 0 Å². The van der Waals surface area contributed by atoms with E-state index in [4.69, 9.17) is 4.42 Å². The smallest absolute Gasteiger partial charge is 0.241 e. The van der Waals surface area contributed by atoms with E-state index in [1.54, 1.807) is 38.2 Å². The minimum atomic E-state index is -3.57. The quantitative estimate of drug-likeness (QED) is 0.924. The van der Waals surface area contributed by atoms with Gasteiger partial charge in [-0.25, -0.2) is 18.1 Å². The molecule has 0 aliphatic rings. The fourth-order valence-corrected chi connectivity index (χ4v) is 3.31. The number of halogens is 1. The summed E-state index contributed by atoms with van der Waals surface area (Å²) in [6.07, 6.45) is 1.55. The number of sulfonamides is 1. The molecule has 0 amide bonds. The molecule has 1 aromatic heterocycles. The van der Waals surface area contributed by atoms with Crippen LogP contribution in [0.4, 0.5) is 0 Å². The molecule has 0 spiro atoms. The zero-order chi connectivity index (χ0) is 14.0. The van der Waals surface area contributed by atoms with Crippen molar-refractivity contribution in [2.75, 3.05) is 0 Å². The Morgan fingerprint density at radius 3 is 2.68 bits per heavy atom. The van der Waals surface area contributed by atoms with Gasteiger partial charge < -0.3 is 4.42 Å². The molecule has 0 saturated heterocycles. The standard InChI is InChI=1S/C12H13BrN2O3S/c1-8-5-10(13)3-4-11(8)19(16,17)15-7-12-14-6-9(2)18-12/h3-6,15H,7H2,1-2H3. The van der Waals surface area contributed by atoms with Gasteiger partial charge in [-0.3, -0.25) is 0 Å². The van der Waals surface area contributed by atoms with Crippen LogP contribution in [0.15, 0.2) is 38.2 Å². The first-order valence-electron chi connectivity index (χ1n) is 5.55. The molecule has 0 atom stereocenters. The van der Waals surface area contributed by atoms with Gasteiger partial charge in [-0.05, 0) is 37.6 Å². The number of aromatic nitrogens is 1. The van der Waals surface area contributed by atoms with Gasteiger partial charge in [0.2, 0.25) is 15.9 Å². The van der Waals surface area contributed by atoms with E-state index >= 15 is 0 Å². The number of nitrogens with zero attached hydrogens (tertiary/aromatic N) is 1. The molecule has 0 saturated carbocycles. The van der Waals surface area contributed by atoms with Crippen LogP contribution in [0.5, 0.6) is 0 Å². The summed E-state index contributed by atoms with van der Waals surface area (Å²) >= 11 is 3.30. The monoisotopic (exact) mass is 344 g/mol. The summed E-state index contributed by atoms with van der Waals surface area (Å²) in [7, 11) is -3.57. The third-order valence-corrected chi connectivity index (χ3v) is 4.56. The summed E-state index contributed by atoms with van der Waals surface area (Å²) in [4.78, 5) is 4.20. The second-order valence-electron chi connectivity index (χ2n) is 4.10. The van der Waals surface area contributed by atoms with Gasteiger partial charge in [0, 0.05) is 4.47 Å². The molecular weight excluding hydrogens is 332 g/mol. The van der Waals surface area contributed by atoms with Crippen LogP contribution < -0.4 is 4.72 Å². The minimum Gasteiger partial charge on any atom is -0.445 e. The van der Waals surface area contributed by atoms with Crippen LogP contribution in [0.3, 0.4) is 0 Å². The largest absolute Gasteiger partial charge is 0.445 e. The third kappa shape index (κ3) is 3.43. The van der Waals surface area contributed by atoms with Gasteiger partial charge in [-0.2, -0.15) is 0 Å². The molecule has 0 aliphatic heterocycles. The number of hydrogen-bond acceptors (Lipinski definition) is 4. The van der Waals surface area contributed by atoms with Crippen molar-refractivity contribution >= 4 is 26.0 Å². The Hall–Kier alpha value is -1.18. The van der Waals surface area contributed by atoms with Gasteiger partial charge in [0.25, 0.3) is 0 Å². The summed E-state index contributed by atoms with van der Waals surface area (Å²) < 4.78 is 32.8. The van der Waals surface area contributed by atoms with Gasteiger partial charge in [-0.15, -0.1) is 0 Å². The van der Waals surface area contributed by atoms with Crippen LogP contribution in [-0.2, 0) is 16.6 Å². The van der Waals surface area contributed by atoms with E-state index < -0.39 is 10.0 Å². The predicted molar refractivity (Wildman–Crippen MR) is 74.1 cm³/mol. The second kappa shape index (κ2) is 5.44. The molecule has 7 heteroatoms. The summed E-state index contributed by atoms with van der Waals surface area (Å²) in [6.45, 7) is 3.53. The third-order valence-electron chi connectivity index (χ3n) is 2.51. The predicted octanol–water partition coefficient (Wildman–Crippen LogP) is 2.53. The Labute approximate surface area is 120 Å². The molecule has 19 heavy (non-hydrogen) atoms. The highest BCUT2D eigenvalue weighted by atomic mass is 79.9. The molecular formula is C12H13BrN2O3S. The van der Waals surface area contributed by atoms with Crippen molar-refractivity contribution in [1.82, 2.24) is 9.71 Å². The molecule has 2 rings (SSSR count). The maximum Gasteiger partial charge on any atom is 0.241 e. The lowest BCUT2D eigenvalue weighted by atomic mass is 10.2. The molecule has 1 heterocycles. The van der Waals surface area contributed by atoms with Crippen molar-refractivity contribution in [2.24, 2.45) is 0 Å². The van der Waals surface area contributed by atoms with Crippen molar-refractivity contribution in [3.63, 3.8) is 0 Å². The zero-order valence-electron chi connectivity index (χ0n) is 10.5. The van der Waals surface area contributed by atoms with Crippen molar-refractivity contribution in [3.05, 3.63) is 46.1 Å². The van der Waals surface area contributed by atoms with Crippen LogP contribution in [-0.4, -0.2) is 13.4 Å². The lowest BCUT2D eigenvalue weighted by Crippen LogP contribution is -2.24. The van der Waals surface area contributed by atoms with Crippen LogP contribution >= 0.6 is 15.9 Å². The van der Waals surface area contributed by atoms with Crippen molar-refractivity contribution in [1.29, 1.82) is 0 Å². The second-order valence-corrected chi connectivity index (χ2v) is 6.75. The van der Waals surface area contributed by atoms with Gasteiger partial charge in [0.15, 0.2) is 0 Å². The molecule has 1 N–H and O–H groups in total. The molecule has 0 radical (unpaired) electrons. The molecule has 2 aromatic rings. The van der Waals surface area contributed by atoms with Crippen LogP contribution in [0.2, 0.25) is 0 Å². The number of rotatable bonds is 4. The first-order valence-corrected chi connectivity index (χ1v) is 7.83. The lowest BCUT2D eigenvalue weighted by Gasteiger charge is -2.08. The first kappa shape index (κ1) is 14.2. The molecule has 0 aliphatic carbocycles. The fourth-order valence-electron chi connectivity index (χ4n) is 1.63. The molecule has 0 unspecified atom stereocenters. The average Bonchev–Trinajstić information content (AvgIpc) is 2.72. The summed E-state index contributed by atoms with van der Waals surface area (Å²) in [6, 6.07) is 5.00. The highest BCUT2D eigenvalue weighted by Crippen LogP contribution is 2.20. The Morgan fingerprint density at radius 2 is 2.11 bits per heavy atom. The molecule has 102 valence electrons. The van der Waals surface area contributed by atoms with E-state index in [0.29, 0.717) is 17.2 Å². The number of aryl methyl sites for hydroxylation is 2. The van der Waals surface area contributed by atoms with Crippen LogP contribution in [0.1, 0.15) is 17.2 Å². The van der Waals surface area contributed by atoms with Gasteiger partial charge >= 0.3 is 0 Å². The zero-order valence-corrected chi connectivity index (χ0v) is 12.9. The Kier molecular flexibility index (Phi) is 4.07. The normalized spacial score (nSPS) is 11.7. The van der Waals surface area contributed by atoms with E-state index in [-0.39, 0.29) is 11.4 Å². The SMILES string of the molecule is Cc1cnc(CNS(=O)(=O)c2ccc(Br)cc2C)o1. The molecule has 1 aromatic carbocycles. The number of nitrogens with one attached hydrogen (secondary N) is 1. The van der Waals surface area contributed by atoms with Gasteiger partial charge in [-0.1, -0.05) is 15.9 Å². The topological polar surface area (TPSA) is 72.2 Å². The summed E-state index contributed by atoms with van der Waals surface area (Å²) in [5.41, 5.74) is 0.672. The molecule has 5 nitrogen and oxygen atoms in total. The Morgan fingerprint density at radius 1 is 1.37 bits per heavy atom. The number of benzene rings is 1. The van der Waals surface area contributed by atoms with Crippen LogP contribution in [0.25, 0.3) is 0 Å². The number of oxazole rings is 1. The fraction of sp³-hybridized carbons (Fsp3) is 0.250. The van der Waals surface area contributed by atoms with E-state index in [0.717, 1.165) is 4.47 Å². The highest BCUT2D eigenvalue weighted by Gasteiger charge is 2.17. The summed E-state index contributed by atoms with van der Waals surface area (Å²) in [5.74, 6) is 0.991. The Bertz CT molecular complexity index is 695. The Balaban J connectivity index is 2.18. The van der Waals surface area contributed by atoms with E-state index in [1.807, 2.05) is 0 Å². The maximum atomic E-state index is 12.1. The van der Waals surface area contributed by atoms with E-state index in [1.165, 1.54) is 0 Å². The minimum absolute atomic E-state index is 0.0334. The maximum absolute atomic E-state index is 12.1. The van der Waals surface area contributed by atoms with E-state index in [2.05, 4.69) is 25.6 Å². The number of hydrogen-bond donors (Lipinski definition) is 1. The van der Waals surface area contributed by atoms with Gasteiger partial charge in [0.05, 0.1) is 17.6 Å². The average molecular weight is 345 g/mol. The van der Waals surface area contributed by atoms with Gasteiger partial charge in [0.1, 0.15) is 5.76 Å². The molecule has 0 fully saturated rings. The van der Waals surface area contributed by atoms with E-state index in [9.17, 15) is 8.42 Å². The molecule has 0 bridgehead atoms. The highest BCUT2D eigenvalue weighted by molar-refractivity contribution is 9.10. The summed E-state index contributed by atoms with van der Waals surface area (Å²) in [5, 5.41) is 0. The first-order chi connectivity index (χ1) is 8.88. The van der Waals surface area contributed by atoms with Crippen molar-refractivity contribution < 1.29 is 12.8 Å².